The van der Waals surface area contributed by atoms with Crippen molar-refractivity contribution < 1.29 is 4.79 Å². The van der Waals surface area contributed by atoms with Crippen molar-refractivity contribution in [2.45, 2.75) is 51.6 Å². The van der Waals surface area contributed by atoms with Crippen LogP contribution in [0.4, 0.5) is 11.8 Å². The molecule has 1 amide bonds. The van der Waals surface area contributed by atoms with Crippen molar-refractivity contribution >= 4 is 17.7 Å². The number of carbonyl (C=O) groups excluding carboxylic acids is 1. The molecule has 1 aromatic rings. The first-order valence-corrected chi connectivity index (χ1v) is 8.95. The number of amides is 1. The monoisotopic (exact) mass is 332 g/mol. The fourth-order valence-electron chi connectivity index (χ4n) is 3.71. The molecule has 3 heterocycles. The Bertz CT molecular complexity index is 564. The van der Waals surface area contributed by atoms with Gasteiger partial charge in [-0.1, -0.05) is 6.92 Å². The Hall–Kier alpha value is -1.89. The lowest BCUT2D eigenvalue weighted by molar-refractivity contribution is -0.127. The molecule has 0 aliphatic carbocycles. The van der Waals surface area contributed by atoms with Crippen LogP contribution in [0.5, 0.6) is 0 Å². The third-order valence-electron chi connectivity index (χ3n) is 4.86. The zero-order valence-corrected chi connectivity index (χ0v) is 14.7. The summed E-state index contributed by atoms with van der Waals surface area (Å²) in [5.41, 5.74) is 6.66. The second-order valence-corrected chi connectivity index (χ2v) is 6.89. The first kappa shape index (κ1) is 17.0. The number of nitrogen functional groups attached to an aromatic ring is 1. The Balaban J connectivity index is 1.50. The lowest BCUT2D eigenvalue weighted by atomic mass is 10.0. The molecule has 3 rings (SSSR count). The SMILES string of the molecule is CCCN1C[C@@H](NC2CCN(c3cc(C)nc(N)n3)CC2)CC1=O. The Kier molecular flexibility index (Phi) is 5.18. The van der Waals surface area contributed by atoms with E-state index < -0.39 is 0 Å². The van der Waals surface area contributed by atoms with Crippen molar-refractivity contribution in [3.05, 3.63) is 11.8 Å². The van der Waals surface area contributed by atoms with Gasteiger partial charge in [0.25, 0.3) is 0 Å². The molecule has 1 atom stereocenters. The van der Waals surface area contributed by atoms with Crippen molar-refractivity contribution in [1.29, 1.82) is 0 Å². The number of rotatable bonds is 5. The number of nitrogens with two attached hydrogens (primary N) is 1. The molecule has 0 unspecified atom stereocenters. The fraction of sp³-hybridized carbons (Fsp3) is 0.706. The summed E-state index contributed by atoms with van der Waals surface area (Å²) in [6.07, 6.45) is 3.78. The number of anilines is 2. The van der Waals surface area contributed by atoms with Gasteiger partial charge in [0.2, 0.25) is 11.9 Å². The van der Waals surface area contributed by atoms with E-state index in [2.05, 4.69) is 27.1 Å². The van der Waals surface area contributed by atoms with E-state index in [0.29, 0.717) is 30.4 Å². The molecule has 2 aliphatic rings. The van der Waals surface area contributed by atoms with Gasteiger partial charge >= 0.3 is 0 Å². The average molecular weight is 332 g/mol. The molecule has 7 heteroatoms. The van der Waals surface area contributed by atoms with Crippen LogP contribution in [-0.4, -0.2) is 59.0 Å². The molecule has 0 saturated carbocycles. The van der Waals surface area contributed by atoms with Crippen LogP contribution in [0.25, 0.3) is 0 Å². The van der Waals surface area contributed by atoms with E-state index in [1.165, 1.54) is 0 Å². The summed E-state index contributed by atoms with van der Waals surface area (Å²) >= 11 is 0. The van der Waals surface area contributed by atoms with Crippen LogP contribution in [0.3, 0.4) is 0 Å². The van der Waals surface area contributed by atoms with Gasteiger partial charge in [0.15, 0.2) is 0 Å². The summed E-state index contributed by atoms with van der Waals surface area (Å²) in [7, 11) is 0. The number of hydrogen-bond donors (Lipinski definition) is 2. The molecule has 2 fully saturated rings. The van der Waals surface area contributed by atoms with Crippen molar-refractivity contribution in [2.24, 2.45) is 0 Å². The Morgan fingerprint density at radius 1 is 1.29 bits per heavy atom. The van der Waals surface area contributed by atoms with Gasteiger partial charge in [0.1, 0.15) is 5.82 Å². The smallest absolute Gasteiger partial charge is 0.224 e. The highest BCUT2D eigenvalue weighted by atomic mass is 16.2. The minimum Gasteiger partial charge on any atom is -0.368 e. The van der Waals surface area contributed by atoms with Crippen LogP contribution in [0, 0.1) is 6.92 Å². The fourth-order valence-corrected chi connectivity index (χ4v) is 3.71. The van der Waals surface area contributed by atoms with Crippen LogP contribution in [0.1, 0.15) is 38.3 Å². The van der Waals surface area contributed by atoms with Gasteiger partial charge in [-0.05, 0) is 26.2 Å². The maximum absolute atomic E-state index is 12.0. The van der Waals surface area contributed by atoms with E-state index in [1.807, 2.05) is 17.9 Å². The second-order valence-electron chi connectivity index (χ2n) is 6.89. The molecule has 7 nitrogen and oxygen atoms in total. The largest absolute Gasteiger partial charge is 0.368 e. The van der Waals surface area contributed by atoms with E-state index in [0.717, 1.165) is 57.0 Å². The highest BCUT2D eigenvalue weighted by Gasteiger charge is 2.31. The molecule has 3 N–H and O–H groups in total. The van der Waals surface area contributed by atoms with Gasteiger partial charge in [0.05, 0.1) is 0 Å². The highest BCUT2D eigenvalue weighted by molar-refractivity contribution is 5.79. The van der Waals surface area contributed by atoms with E-state index in [1.54, 1.807) is 0 Å². The number of nitrogens with zero attached hydrogens (tertiary/aromatic N) is 4. The number of hydrogen-bond acceptors (Lipinski definition) is 6. The van der Waals surface area contributed by atoms with Crippen LogP contribution >= 0.6 is 0 Å². The summed E-state index contributed by atoms with van der Waals surface area (Å²) in [5.74, 6) is 1.55. The minimum absolute atomic E-state index is 0.290. The molecule has 0 aromatic carbocycles. The molecule has 132 valence electrons. The Morgan fingerprint density at radius 3 is 2.71 bits per heavy atom. The topological polar surface area (TPSA) is 87.4 Å². The van der Waals surface area contributed by atoms with Gasteiger partial charge in [-0.2, -0.15) is 4.98 Å². The Morgan fingerprint density at radius 2 is 2.04 bits per heavy atom. The van der Waals surface area contributed by atoms with Crippen LogP contribution < -0.4 is 16.0 Å². The maximum Gasteiger partial charge on any atom is 0.224 e. The number of aryl methyl sites for hydroxylation is 1. The van der Waals surface area contributed by atoms with Crippen molar-refractivity contribution in [1.82, 2.24) is 20.2 Å². The zero-order chi connectivity index (χ0) is 17.1. The molecule has 0 radical (unpaired) electrons. The quantitative estimate of drug-likeness (QED) is 0.834. The first-order valence-electron chi connectivity index (χ1n) is 8.95. The summed E-state index contributed by atoms with van der Waals surface area (Å²) < 4.78 is 0. The summed E-state index contributed by atoms with van der Waals surface area (Å²) in [6.45, 7) is 7.69. The standard InChI is InChI=1S/C17H28N6O/c1-3-6-23-11-14(10-16(23)24)20-13-4-7-22(8-5-13)15-9-12(2)19-17(18)21-15/h9,13-14,20H,3-8,10-11H2,1-2H3,(H2,18,19,21)/t14-/m0/s1. The van der Waals surface area contributed by atoms with E-state index >= 15 is 0 Å². The molecule has 0 bridgehead atoms. The van der Waals surface area contributed by atoms with Gasteiger partial charge in [0, 0.05) is 56.4 Å². The van der Waals surface area contributed by atoms with E-state index in [9.17, 15) is 4.79 Å². The number of aromatic nitrogens is 2. The molecule has 1 aromatic heterocycles. The van der Waals surface area contributed by atoms with Crippen molar-refractivity contribution in [2.75, 3.05) is 36.8 Å². The lowest BCUT2D eigenvalue weighted by Crippen LogP contribution is -2.47. The maximum atomic E-state index is 12.0. The molecule has 24 heavy (non-hydrogen) atoms. The van der Waals surface area contributed by atoms with E-state index in [-0.39, 0.29) is 0 Å². The first-order chi connectivity index (χ1) is 11.5. The minimum atomic E-state index is 0.290. The number of likely N-dealkylation sites (tertiary alicyclic amines) is 1. The molecule has 2 aliphatic heterocycles. The van der Waals surface area contributed by atoms with E-state index in [4.69, 9.17) is 5.73 Å². The number of piperidine rings is 1. The number of carbonyl (C=O) groups is 1. The van der Waals surface area contributed by atoms with Crippen LogP contribution in [0.2, 0.25) is 0 Å². The van der Waals surface area contributed by atoms with Gasteiger partial charge < -0.3 is 20.9 Å². The predicted octanol–water partition coefficient (Wildman–Crippen LogP) is 0.937. The van der Waals surface area contributed by atoms with Crippen LogP contribution in [-0.2, 0) is 4.79 Å². The van der Waals surface area contributed by atoms with Gasteiger partial charge in [-0.15, -0.1) is 0 Å². The molecule has 0 spiro atoms. The lowest BCUT2D eigenvalue weighted by Gasteiger charge is -2.34. The third kappa shape index (κ3) is 3.95. The van der Waals surface area contributed by atoms with Crippen LogP contribution in [0.15, 0.2) is 6.07 Å². The molecular weight excluding hydrogens is 304 g/mol. The molecule has 2 saturated heterocycles. The zero-order valence-electron chi connectivity index (χ0n) is 14.7. The van der Waals surface area contributed by atoms with Gasteiger partial charge in [-0.25, -0.2) is 4.98 Å². The molecular formula is C17H28N6O. The Labute approximate surface area is 143 Å². The third-order valence-corrected chi connectivity index (χ3v) is 4.86. The predicted molar refractivity (Wildman–Crippen MR) is 94.8 cm³/mol. The van der Waals surface area contributed by atoms with Crippen molar-refractivity contribution in [3.8, 4) is 0 Å². The number of nitrogens with one attached hydrogen (secondary N) is 1. The van der Waals surface area contributed by atoms with Crippen molar-refractivity contribution in [3.63, 3.8) is 0 Å². The summed E-state index contributed by atoms with van der Waals surface area (Å²) in [6, 6.07) is 2.76. The second kappa shape index (κ2) is 7.34. The summed E-state index contributed by atoms with van der Waals surface area (Å²) in [5, 5.41) is 3.68. The van der Waals surface area contributed by atoms with Gasteiger partial charge in [-0.3, -0.25) is 4.79 Å². The average Bonchev–Trinajstić information content (AvgIpc) is 2.87. The normalized spacial score (nSPS) is 22.4. The highest BCUT2D eigenvalue weighted by Crippen LogP contribution is 2.21. The summed E-state index contributed by atoms with van der Waals surface area (Å²) in [4.78, 5) is 24.7.